The van der Waals surface area contributed by atoms with E-state index >= 15 is 0 Å². The Labute approximate surface area is 113 Å². The maximum absolute atomic E-state index is 12.0. The quantitative estimate of drug-likeness (QED) is 0.841. The first-order chi connectivity index (χ1) is 9.29. The van der Waals surface area contributed by atoms with Crippen LogP contribution in [0.1, 0.15) is 43.1 Å². The number of amides is 1. The summed E-state index contributed by atoms with van der Waals surface area (Å²) in [5.41, 5.74) is 3.22. The van der Waals surface area contributed by atoms with Crippen molar-refractivity contribution in [2.45, 2.75) is 32.6 Å². The van der Waals surface area contributed by atoms with Gasteiger partial charge in [-0.3, -0.25) is 10.2 Å². The predicted molar refractivity (Wildman–Crippen MR) is 73.7 cm³/mol. The molecule has 0 radical (unpaired) electrons. The number of nitrogens with one attached hydrogen (secondary N) is 2. The average Bonchev–Trinajstić information content (AvgIpc) is 2.46. The number of hydrogen-bond acceptors (Lipinski definition) is 5. The van der Waals surface area contributed by atoms with Gasteiger partial charge in [0.15, 0.2) is 0 Å². The molecule has 1 saturated heterocycles. The number of anilines is 1. The van der Waals surface area contributed by atoms with Crippen LogP contribution in [0.2, 0.25) is 0 Å². The van der Waals surface area contributed by atoms with Crippen LogP contribution in [0.15, 0.2) is 12.4 Å². The number of hydrogen-bond donors (Lipinski definition) is 2. The second kappa shape index (κ2) is 7.04. The Morgan fingerprint density at radius 3 is 2.68 bits per heavy atom. The minimum absolute atomic E-state index is 0.184. The van der Waals surface area contributed by atoms with Gasteiger partial charge in [0.2, 0.25) is 0 Å². The summed E-state index contributed by atoms with van der Waals surface area (Å²) in [6.45, 7) is 4.76. The van der Waals surface area contributed by atoms with E-state index in [0.717, 1.165) is 38.9 Å². The van der Waals surface area contributed by atoms with Crippen molar-refractivity contribution < 1.29 is 4.79 Å². The van der Waals surface area contributed by atoms with Crippen LogP contribution >= 0.6 is 0 Å². The Kier molecular flexibility index (Phi) is 5.09. The van der Waals surface area contributed by atoms with Crippen molar-refractivity contribution in [1.82, 2.24) is 20.4 Å². The Hall–Kier alpha value is -1.69. The molecule has 2 heterocycles. The summed E-state index contributed by atoms with van der Waals surface area (Å²) in [6.07, 6.45) is 7.64. The van der Waals surface area contributed by atoms with Gasteiger partial charge in [0.1, 0.15) is 11.5 Å². The van der Waals surface area contributed by atoms with Gasteiger partial charge in [0.05, 0.1) is 12.4 Å². The first-order valence-electron chi connectivity index (χ1n) is 6.91. The van der Waals surface area contributed by atoms with Crippen LogP contribution in [-0.2, 0) is 0 Å². The molecule has 0 bridgehead atoms. The van der Waals surface area contributed by atoms with E-state index in [1.165, 1.54) is 12.6 Å². The molecule has 1 aliphatic heterocycles. The number of nitrogens with zero attached hydrogens (tertiary/aromatic N) is 3. The van der Waals surface area contributed by atoms with E-state index in [9.17, 15) is 4.79 Å². The van der Waals surface area contributed by atoms with E-state index in [1.54, 1.807) is 6.20 Å². The van der Waals surface area contributed by atoms with Crippen molar-refractivity contribution in [3.63, 3.8) is 0 Å². The molecule has 0 aromatic carbocycles. The summed E-state index contributed by atoms with van der Waals surface area (Å²) in [7, 11) is 0. The first-order valence-corrected chi connectivity index (χ1v) is 6.91. The van der Waals surface area contributed by atoms with Crippen LogP contribution in [0.25, 0.3) is 0 Å². The molecule has 1 aromatic heterocycles. The molecule has 104 valence electrons. The maximum Gasteiger partial charge on any atom is 0.285 e. The van der Waals surface area contributed by atoms with Crippen molar-refractivity contribution in [2.75, 3.05) is 25.0 Å². The molecule has 1 amide bonds. The van der Waals surface area contributed by atoms with Crippen molar-refractivity contribution in [2.24, 2.45) is 0 Å². The van der Waals surface area contributed by atoms with Gasteiger partial charge in [-0.2, -0.15) is 0 Å². The lowest BCUT2D eigenvalue weighted by Gasteiger charge is -2.26. The molecule has 0 spiro atoms. The number of hydrazine groups is 1. The third-order valence-electron chi connectivity index (χ3n) is 3.06. The van der Waals surface area contributed by atoms with Crippen molar-refractivity contribution >= 4 is 11.7 Å². The topological polar surface area (TPSA) is 70.2 Å². The minimum atomic E-state index is -0.184. The highest BCUT2D eigenvalue weighted by Gasteiger charge is 2.15. The summed E-state index contributed by atoms with van der Waals surface area (Å²) in [6, 6.07) is 0. The van der Waals surface area contributed by atoms with Crippen LogP contribution < -0.4 is 10.7 Å². The number of piperidine rings is 1. The lowest BCUT2D eigenvalue weighted by atomic mass is 10.2. The second-order valence-electron chi connectivity index (χ2n) is 4.70. The van der Waals surface area contributed by atoms with Crippen LogP contribution in [0, 0.1) is 0 Å². The first kappa shape index (κ1) is 13.7. The van der Waals surface area contributed by atoms with Gasteiger partial charge in [0.25, 0.3) is 5.91 Å². The van der Waals surface area contributed by atoms with Crippen LogP contribution in [0.5, 0.6) is 0 Å². The molecule has 0 atom stereocenters. The van der Waals surface area contributed by atoms with Gasteiger partial charge >= 0.3 is 0 Å². The number of carbonyl (C=O) groups is 1. The Morgan fingerprint density at radius 2 is 2.05 bits per heavy atom. The van der Waals surface area contributed by atoms with Crippen LogP contribution in [0.3, 0.4) is 0 Å². The predicted octanol–water partition coefficient (Wildman–Crippen LogP) is 1.43. The zero-order valence-electron chi connectivity index (χ0n) is 11.4. The zero-order chi connectivity index (χ0) is 13.5. The molecule has 19 heavy (non-hydrogen) atoms. The van der Waals surface area contributed by atoms with Gasteiger partial charge in [0, 0.05) is 19.6 Å². The van der Waals surface area contributed by atoms with E-state index < -0.39 is 0 Å². The number of rotatable bonds is 5. The Morgan fingerprint density at radius 1 is 1.26 bits per heavy atom. The zero-order valence-corrected chi connectivity index (χ0v) is 11.4. The third kappa shape index (κ3) is 4.17. The Bertz CT molecular complexity index is 400. The standard InChI is InChI=1S/C13H21N5O/c1-2-6-14-12-10-15-11(9-16-12)13(19)17-18-7-4-3-5-8-18/h9-10H,2-8H2,1H3,(H,14,16)(H,17,19). The molecule has 1 fully saturated rings. The van der Waals surface area contributed by atoms with E-state index in [1.807, 2.05) is 5.01 Å². The van der Waals surface area contributed by atoms with E-state index in [4.69, 9.17) is 0 Å². The fourth-order valence-electron chi connectivity index (χ4n) is 2.00. The third-order valence-corrected chi connectivity index (χ3v) is 3.06. The largest absolute Gasteiger partial charge is 0.369 e. The smallest absolute Gasteiger partial charge is 0.285 e. The molecular formula is C13H21N5O. The maximum atomic E-state index is 12.0. The molecule has 1 aliphatic rings. The van der Waals surface area contributed by atoms with Gasteiger partial charge < -0.3 is 5.32 Å². The van der Waals surface area contributed by atoms with Crippen molar-refractivity contribution in [1.29, 1.82) is 0 Å². The highest BCUT2D eigenvalue weighted by atomic mass is 16.2. The van der Waals surface area contributed by atoms with Crippen molar-refractivity contribution in [3.8, 4) is 0 Å². The molecule has 1 aromatic rings. The summed E-state index contributed by atoms with van der Waals surface area (Å²) in [5.74, 6) is 0.521. The molecule has 0 aliphatic carbocycles. The van der Waals surface area contributed by atoms with E-state index in [0.29, 0.717) is 11.5 Å². The van der Waals surface area contributed by atoms with Crippen molar-refractivity contribution in [3.05, 3.63) is 18.1 Å². The molecule has 0 saturated carbocycles. The van der Waals surface area contributed by atoms with Gasteiger partial charge in [-0.1, -0.05) is 13.3 Å². The molecular weight excluding hydrogens is 242 g/mol. The number of aromatic nitrogens is 2. The van der Waals surface area contributed by atoms with Gasteiger partial charge in [-0.25, -0.2) is 15.0 Å². The summed E-state index contributed by atoms with van der Waals surface area (Å²) >= 11 is 0. The van der Waals surface area contributed by atoms with E-state index in [-0.39, 0.29) is 5.91 Å². The number of carbonyl (C=O) groups excluding carboxylic acids is 1. The molecule has 6 nitrogen and oxygen atoms in total. The normalized spacial score (nSPS) is 16.1. The molecule has 2 N–H and O–H groups in total. The minimum Gasteiger partial charge on any atom is -0.369 e. The SMILES string of the molecule is CCCNc1cnc(C(=O)NN2CCCCC2)cn1. The van der Waals surface area contributed by atoms with Gasteiger partial charge in [-0.05, 0) is 19.3 Å². The highest BCUT2D eigenvalue weighted by Crippen LogP contribution is 2.07. The summed E-state index contributed by atoms with van der Waals surface area (Å²) < 4.78 is 0. The lowest BCUT2D eigenvalue weighted by Crippen LogP contribution is -2.45. The summed E-state index contributed by atoms with van der Waals surface area (Å²) in [4.78, 5) is 20.3. The average molecular weight is 263 g/mol. The molecule has 6 heteroatoms. The summed E-state index contributed by atoms with van der Waals surface area (Å²) in [5, 5.41) is 5.08. The second-order valence-corrected chi connectivity index (χ2v) is 4.70. The molecule has 2 rings (SSSR count). The molecule has 0 unspecified atom stereocenters. The Balaban J connectivity index is 1.87. The fourth-order valence-corrected chi connectivity index (χ4v) is 2.00. The van der Waals surface area contributed by atoms with Crippen LogP contribution in [-0.4, -0.2) is 40.5 Å². The lowest BCUT2D eigenvalue weighted by molar-refractivity contribution is 0.0744. The van der Waals surface area contributed by atoms with Gasteiger partial charge in [-0.15, -0.1) is 0 Å². The van der Waals surface area contributed by atoms with E-state index in [2.05, 4.69) is 27.6 Å². The fraction of sp³-hybridized carbons (Fsp3) is 0.615. The monoisotopic (exact) mass is 263 g/mol. The highest BCUT2D eigenvalue weighted by molar-refractivity contribution is 5.91. The van der Waals surface area contributed by atoms with Crippen LogP contribution in [0.4, 0.5) is 5.82 Å².